The molecule has 2 rings (SSSR count). The van der Waals surface area contributed by atoms with Crippen molar-refractivity contribution in [2.45, 2.75) is 20.3 Å². The van der Waals surface area contributed by atoms with Crippen molar-refractivity contribution < 1.29 is 4.92 Å². The van der Waals surface area contributed by atoms with E-state index >= 15 is 0 Å². The number of nitrogens with zero attached hydrogens (tertiary/aromatic N) is 1. The Bertz CT molecular complexity index is 462. The van der Waals surface area contributed by atoms with Crippen molar-refractivity contribution in [3.63, 3.8) is 0 Å². The third-order valence-electron chi connectivity index (χ3n) is 3.31. The lowest BCUT2D eigenvalue weighted by Gasteiger charge is -2.09. The lowest BCUT2D eigenvalue weighted by Crippen LogP contribution is -2.05. The highest BCUT2D eigenvalue weighted by molar-refractivity contribution is 9.10. The summed E-state index contributed by atoms with van der Waals surface area (Å²) in [6, 6.07) is 3.39. The molecular formula is C12H15BrN2O2. The molecule has 2 unspecified atom stereocenters. The summed E-state index contributed by atoms with van der Waals surface area (Å²) in [6.07, 6.45) is 1.27. The molecule has 2 atom stereocenters. The summed E-state index contributed by atoms with van der Waals surface area (Å²) in [5.74, 6) is 1.55. The first-order valence-electron chi connectivity index (χ1n) is 5.67. The highest BCUT2D eigenvalue weighted by Crippen LogP contribution is 2.38. The molecule has 0 aliphatic heterocycles. The predicted molar refractivity (Wildman–Crippen MR) is 71.3 cm³/mol. The number of halogens is 1. The molecule has 0 saturated heterocycles. The molecule has 1 saturated carbocycles. The van der Waals surface area contributed by atoms with Crippen LogP contribution in [0.4, 0.5) is 11.4 Å². The molecule has 1 aliphatic rings. The van der Waals surface area contributed by atoms with Gasteiger partial charge < -0.3 is 5.32 Å². The molecular weight excluding hydrogens is 284 g/mol. The fourth-order valence-electron chi connectivity index (χ4n) is 1.93. The van der Waals surface area contributed by atoms with Gasteiger partial charge in [0.2, 0.25) is 0 Å². The Morgan fingerprint density at radius 1 is 1.59 bits per heavy atom. The van der Waals surface area contributed by atoms with Gasteiger partial charge >= 0.3 is 0 Å². The smallest absolute Gasteiger partial charge is 0.273 e. The highest BCUT2D eigenvalue weighted by atomic mass is 79.9. The Morgan fingerprint density at radius 2 is 2.24 bits per heavy atom. The molecule has 92 valence electrons. The lowest BCUT2D eigenvalue weighted by molar-refractivity contribution is -0.385. The number of rotatable bonds is 4. The van der Waals surface area contributed by atoms with Crippen LogP contribution in [0, 0.1) is 28.9 Å². The number of benzene rings is 1. The van der Waals surface area contributed by atoms with Crippen molar-refractivity contribution in [3.05, 3.63) is 32.3 Å². The number of anilines is 1. The van der Waals surface area contributed by atoms with Crippen molar-refractivity contribution >= 4 is 27.3 Å². The first-order valence-corrected chi connectivity index (χ1v) is 6.46. The topological polar surface area (TPSA) is 55.2 Å². The molecule has 4 nitrogen and oxygen atoms in total. The van der Waals surface area contributed by atoms with Crippen LogP contribution in [0.3, 0.4) is 0 Å². The highest BCUT2D eigenvalue weighted by Gasteiger charge is 2.32. The third kappa shape index (κ3) is 2.77. The summed E-state index contributed by atoms with van der Waals surface area (Å²) in [5, 5.41) is 14.1. The summed E-state index contributed by atoms with van der Waals surface area (Å²) in [6.45, 7) is 4.94. The summed E-state index contributed by atoms with van der Waals surface area (Å²) in [5.41, 5.74) is 1.78. The van der Waals surface area contributed by atoms with Crippen LogP contribution < -0.4 is 5.32 Å². The van der Waals surface area contributed by atoms with Gasteiger partial charge in [0.1, 0.15) is 0 Å². The molecule has 0 amide bonds. The summed E-state index contributed by atoms with van der Waals surface area (Å²) in [7, 11) is 0. The molecule has 1 aliphatic carbocycles. The number of hydrogen-bond donors (Lipinski definition) is 1. The van der Waals surface area contributed by atoms with E-state index in [-0.39, 0.29) is 10.6 Å². The molecule has 1 fully saturated rings. The molecule has 1 aromatic carbocycles. The number of nitro groups is 1. The van der Waals surface area contributed by atoms with Crippen molar-refractivity contribution in [1.82, 2.24) is 0 Å². The van der Waals surface area contributed by atoms with Crippen LogP contribution in [0.2, 0.25) is 0 Å². The largest absolute Gasteiger partial charge is 0.384 e. The Hall–Kier alpha value is -1.10. The monoisotopic (exact) mass is 298 g/mol. The Labute approximate surface area is 109 Å². The Morgan fingerprint density at radius 3 is 2.76 bits per heavy atom. The first-order chi connectivity index (χ1) is 7.99. The van der Waals surface area contributed by atoms with E-state index in [9.17, 15) is 10.1 Å². The number of nitro benzene ring substituents is 1. The third-order valence-corrected chi connectivity index (χ3v) is 3.97. The molecule has 0 heterocycles. The molecule has 0 aromatic heterocycles. The van der Waals surface area contributed by atoms with E-state index in [4.69, 9.17) is 0 Å². The molecule has 17 heavy (non-hydrogen) atoms. The number of aryl methyl sites for hydroxylation is 1. The summed E-state index contributed by atoms with van der Waals surface area (Å²) in [4.78, 5) is 10.4. The molecule has 1 aromatic rings. The minimum atomic E-state index is -0.354. The van der Waals surface area contributed by atoms with Crippen LogP contribution in [0.5, 0.6) is 0 Å². The average molecular weight is 299 g/mol. The standard InChI is InChI=1S/C12H15BrN2O2/c1-7-3-9(7)6-14-11-4-8(2)12(15(16)17)5-10(11)13/h4-5,7,9,14H,3,6H2,1-2H3. The lowest BCUT2D eigenvalue weighted by atomic mass is 10.2. The minimum absolute atomic E-state index is 0.155. The predicted octanol–water partition coefficient (Wildman–Crippen LogP) is 3.73. The van der Waals surface area contributed by atoms with Gasteiger partial charge in [-0.3, -0.25) is 10.1 Å². The van der Waals surface area contributed by atoms with Gasteiger partial charge in [-0.1, -0.05) is 6.92 Å². The molecule has 0 radical (unpaired) electrons. The molecule has 5 heteroatoms. The van der Waals surface area contributed by atoms with Crippen molar-refractivity contribution in [2.75, 3.05) is 11.9 Å². The maximum Gasteiger partial charge on any atom is 0.273 e. The van der Waals surface area contributed by atoms with E-state index < -0.39 is 0 Å². The first kappa shape index (κ1) is 12.4. The fraction of sp³-hybridized carbons (Fsp3) is 0.500. The van der Waals surface area contributed by atoms with Crippen LogP contribution in [0.1, 0.15) is 18.9 Å². The van der Waals surface area contributed by atoms with E-state index in [1.54, 1.807) is 13.0 Å². The quantitative estimate of drug-likeness (QED) is 0.680. The Balaban J connectivity index is 2.12. The van der Waals surface area contributed by atoms with Gasteiger partial charge in [0.15, 0.2) is 0 Å². The summed E-state index contributed by atoms with van der Waals surface area (Å²) < 4.78 is 0.753. The van der Waals surface area contributed by atoms with Crippen LogP contribution >= 0.6 is 15.9 Å². The average Bonchev–Trinajstić information content (AvgIpc) is 2.95. The van der Waals surface area contributed by atoms with E-state index in [2.05, 4.69) is 28.2 Å². The fourth-order valence-corrected chi connectivity index (χ4v) is 2.40. The van der Waals surface area contributed by atoms with Gasteiger partial charge in [0, 0.05) is 28.3 Å². The van der Waals surface area contributed by atoms with E-state index in [0.29, 0.717) is 5.56 Å². The molecule has 1 N–H and O–H groups in total. The van der Waals surface area contributed by atoms with Crippen LogP contribution in [-0.4, -0.2) is 11.5 Å². The second-order valence-electron chi connectivity index (χ2n) is 4.73. The zero-order valence-corrected chi connectivity index (χ0v) is 11.5. The molecule has 0 spiro atoms. The van der Waals surface area contributed by atoms with Gasteiger partial charge in [0.25, 0.3) is 5.69 Å². The maximum atomic E-state index is 10.8. The van der Waals surface area contributed by atoms with Crippen molar-refractivity contribution in [2.24, 2.45) is 11.8 Å². The SMILES string of the molecule is Cc1cc(NCC2CC2C)c(Br)cc1[N+](=O)[O-]. The molecule has 0 bridgehead atoms. The zero-order chi connectivity index (χ0) is 12.6. The van der Waals surface area contributed by atoms with E-state index in [0.717, 1.165) is 28.5 Å². The van der Waals surface area contributed by atoms with Crippen molar-refractivity contribution in [3.8, 4) is 0 Å². The van der Waals surface area contributed by atoms with Gasteiger partial charge in [-0.05, 0) is 47.2 Å². The van der Waals surface area contributed by atoms with E-state index in [1.165, 1.54) is 6.42 Å². The normalized spacial score (nSPS) is 22.3. The Kier molecular flexibility index (Phi) is 3.38. The second-order valence-corrected chi connectivity index (χ2v) is 5.58. The number of nitrogens with one attached hydrogen (secondary N) is 1. The van der Waals surface area contributed by atoms with Gasteiger partial charge in [0.05, 0.1) is 4.92 Å². The number of hydrogen-bond acceptors (Lipinski definition) is 3. The zero-order valence-electron chi connectivity index (χ0n) is 9.87. The minimum Gasteiger partial charge on any atom is -0.384 e. The summed E-state index contributed by atoms with van der Waals surface area (Å²) >= 11 is 3.37. The van der Waals surface area contributed by atoms with Crippen LogP contribution in [0.25, 0.3) is 0 Å². The van der Waals surface area contributed by atoms with Gasteiger partial charge in [-0.15, -0.1) is 0 Å². The van der Waals surface area contributed by atoms with Crippen molar-refractivity contribution in [1.29, 1.82) is 0 Å². The van der Waals surface area contributed by atoms with Crippen LogP contribution in [0.15, 0.2) is 16.6 Å². The van der Waals surface area contributed by atoms with Gasteiger partial charge in [-0.2, -0.15) is 0 Å². The second kappa shape index (κ2) is 4.64. The van der Waals surface area contributed by atoms with Crippen LogP contribution in [-0.2, 0) is 0 Å². The van der Waals surface area contributed by atoms with Gasteiger partial charge in [-0.25, -0.2) is 0 Å². The van der Waals surface area contributed by atoms with E-state index in [1.807, 2.05) is 6.07 Å². The maximum absolute atomic E-state index is 10.8.